The summed E-state index contributed by atoms with van der Waals surface area (Å²) in [6, 6.07) is 8.82. The van der Waals surface area contributed by atoms with E-state index in [-0.39, 0.29) is 0 Å². The fourth-order valence-corrected chi connectivity index (χ4v) is 6.64. The lowest BCUT2D eigenvalue weighted by molar-refractivity contribution is 0.229. The quantitative estimate of drug-likeness (QED) is 0.238. The number of fused-ring (bicyclic) bond motifs is 2. The maximum Gasteiger partial charge on any atom is 0.113 e. The summed E-state index contributed by atoms with van der Waals surface area (Å²) in [5.41, 5.74) is 11.1. The van der Waals surface area contributed by atoms with Crippen molar-refractivity contribution < 1.29 is 4.74 Å². The molecule has 3 aliphatic carbocycles. The first kappa shape index (κ1) is 34.3. The molecular weight excluding hydrogens is 583 g/mol. The van der Waals surface area contributed by atoms with Gasteiger partial charge in [-0.1, -0.05) is 130 Å². The number of terminal acetylenes is 1. The maximum atomic E-state index is 6.39. The van der Waals surface area contributed by atoms with Gasteiger partial charge in [0.05, 0.1) is 5.76 Å². The molecule has 0 saturated carbocycles. The van der Waals surface area contributed by atoms with Gasteiger partial charge in [0.25, 0.3) is 0 Å². The summed E-state index contributed by atoms with van der Waals surface area (Å²) >= 11 is 0. The highest BCUT2D eigenvalue weighted by molar-refractivity contribution is 5.84. The summed E-state index contributed by atoms with van der Waals surface area (Å²) < 4.78 is 6.39. The Morgan fingerprint density at radius 2 is 1.94 bits per heavy atom. The second kappa shape index (κ2) is 17.8. The zero-order valence-electron chi connectivity index (χ0n) is 28.7. The van der Waals surface area contributed by atoms with Crippen LogP contribution in [0.3, 0.4) is 0 Å². The van der Waals surface area contributed by atoms with Crippen molar-refractivity contribution in [2.75, 3.05) is 18.1 Å². The Balaban J connectivity index is 1.58. The van der Waals surface area contributed by atoms with Crippen LogP contribution < -0.4 is 4.90 Å². The van der Waals surface area contributed by atoms with Gasteiger partial charge in [-0.25, -0.2) is 0 Å². The summed E-state index contributed by atoms with van der Waals surface area (Å²) in [6.45, 7) is 9.76. The maximum absolute atomic E-state index is 6.39. The van der Waals surface area contributed by atoms with E-state index < -0.39 is 0 Å². The number of rotatable bonds is 10. The van der Waals surface area contributed by atoms with E-state index >= 15 is 0 Å². The fraction of sp³-hybridized carbons (Fsp3) is 0.261. The highest BCUT2D eigenvalue weighted by atomic mass is 16.5. The van der Waals surface area contributed by atoms with Gasteiger partial charge in [-0.15, -0.1) is 6.42 Å². The number of anilines is 1. The molecular formula is C46H49NO. The first-order valence-electron chi connectivity index (χ1n) is 17.5. The van der Waals surface area contributed by atoms with Gasteiger partial charge in [0, 0.05) is 29.9 Å². The van der Waals surface area contributed by atoms with E-state index in [9.17, 15) is 0 Å². The molecule has 1 aromatic rings. The molecule has 1 atom stereocenters. The Kier molecular flexibility index (Phi) is 12.7. The second-order valence-corrected chi connectivity index (χ2v) is 12.4. The van der Waals surface area contributed by atoms with E-state index in [0.29, 0.717) is 19.1 Å². The van der Waals surface area contributed by atoms with Crippen molar-refractivity contribution in [1.29, 1.82) is 0 Å². The van der Waals surface area contributed by atoms with Gasteiger partial charge in [0.1, 0.15) is 6.61 Å². The predicted molar refractivity (Wildman–Crippen MR) is 207 cm³/mol. The van der Waals surface area contributed by atoms with Crippen LogP contribution in [0.25, 0.3) is 5.57 Å². The van der Waals surface area contributed by atoms with Crippen LogP contribution in [0.2, 0.25) is 0 Å². The number of nitrogens with zero attached hydrogens (tertiary/aromatic N) is 1. The topological polar surface area (TPSA) is 12.5 Å². The molecule has 0 fully saturated rings. The van der Waals surface area contributed by atoms with E-state index in [2.05, 4.69) is 147 Å². The number of hydrogen-bond donors (Lipinski definition) is 0. The Bertz CT molecular complexity index is 1760. The molecule has 1 heterocycles. The molecule has 1 aliphatic heterocycles. The smallest absolute Gasteiger partial charge is 0.113 e. The van der Waals surface area contributed by atoms with E-state index in [1.165, 1.54) is 44.8 Å². The molecule has 1 aromatic carbocycles. The van der Waals surface area contributed by atoms with Crippen molar-refractivity contribution in [1.82, 2.24) is 0 Å². The average Bonchev–Trinajstić information content (AvgIpc) is 3.48. The highest BCUT2D eigenvalue weighted by Crippen LogP contribution is 2.39. The molecule has 244 valence electrons. The normalized spacial score (nSPS) is 24.3. The summed E-state index contributed by atoms with van der Waals surface area (Å²) in [4.78, 5) is 2.51. The van der Waals surface area contributed by atoms with Crippen LogP contribution in [0.5, 0.6) is 0 Å². The second-order valence-electron chi connectivity index (χ2n) is 12.4. The van der Waals surface area contributed by atoms with Gasteiger partial charge in [0.15, 0.2) is 0 Å². The van der Waals surface area contributed by atoms with E-state index in [0.717, 1.165) is 56.3 Å². The molecule has 0 spiro atoms. The third-order valence-corrected chi connectivity index (χ3v) is 9.19. The molecule has 0 N–H and O–H groups in total. The van der Waals surface area contributed by atoms with Crippen molar-refractivity contribution in [2.24, 2.45) is 5.92 Å². The van der Waals surface area contributed by atoms with Gasteiger partial charge in [-0.3, -0.25) is 0 Å². The lowest BCUT2D eigenvalue weighted by Crippen LogP contribution is -2.25. The standard InChI is InChI=1S/C46H49NO/c1-5-9-13-19-36-25-26-38(18-7-3)40(33-36)31-32-47(46-24-17-16-23-45(46)39-20-14-11-12-15-21-39)42-28-27-41-34-43(30-29-42)48-35-37(8-4)44(41)22-10-6-2/h3,8-14,16-26,29-31,41H,4-6,15,27-28,32-35H2,1-2H3/b13-9-,22-10-,36-19-,38-18-,40-31-,42-29+,43-30+. The van der Waals surface area contributed by atoms with Gasteiger partial charge in [-0.05, 0) is 102 Å². The third kappa shape index (κ3) is 8.87. The van der Waals surface area contributed by atoms with Crippen molar-refractivity contribution in [3.05, 3.63) is 179 Å². The number of ether oxygens (including phenoxy) is 1. The van der Waals surface area contributed by atoms with Crippen molar-refractivity contribution in [3.8, 4) is 12.3 Å². The van der Waals surface area contributed by atoms with Crippen LogP contribution in [0, 0.1) is 18.3 Å². The molecule has 0 aromatic heterocycles. The first-order valence-corrected chi connectivity index (χ1v) is 17.5. The Hall–Kier alpha value is -5.00. The van der Waals surface area contributed by atoms with E-state index in [1.54, 1.807) is 0 Å². The van der Waals surface area contributed by atoms with Crippen LogP contribution >= 0.6 is 0 Å². The van der Waals surface area contributed by atoms with Crippen molar-refractivity contribution in [2.45, 2.75) is 58.8 Å². The zero-order chi connectivity index (χ0) is 33.6. The van der Waals surface area contributed by atoms with Crippen LogP contribution in [0.1, 0.15) is 64.4 Å². The van der Waals surface area contributed by atoms with Crippen molar-refractivity contribution in [3.63, 3.8) is 0 Å². The molecule has 2 heteroatoms. The molecule has 0 amide bonds. The van der Waals surface area contributed by atoms with Crippen LogP contribution in [-0.2, 0) is 4.74 Å². The Labute approximate surface area is 289 Å². The minimum atomic E-state index is 0.366. The van der Waals surface area contributed by atoms with Gasteiger partial charge in [-0.2, -0.15) is 0 Å². The van der Waals surface area contributed by atoms with E-state index in [1.807, 2.05) is 12.2 Å². The minimum absolute atomic E-state index is 0.366. The number of allylic oxidation sites excluding steroid dienone is 22. The zero-order valence-corrected chi connectivity index (χ0v) is 28.7. The fourth-order valence-electron chi connectivity index (χ4n) is 6.64. The molecule has 1 unspecified atom stereocenters. The monoisotopic (exact) mass is 631 g/mol. The molecule has 2 nitrogen and oxygen atoms in total. The first-order chi connectivity index (χ1) is 23.6. The summed E-state index contributed by atoms with van der Waals surface area (Å²) in [7, 11) is 0. The summed E-state index contributed by atoms with van der Waals surface area (Å²) in [6.07, 6.45) is 49.7. The summed E-state index contributed by atoms with van der Waals surface area (Å²) in [5, 5.41) is 0. The third-order valence-electron chi connectivity index (χ3n) is 9.19. The largest absolute Gasteiger partial charge is 0.493 e. The average molecular weight is 632 g/mol. The lowest BCUT2D eigenvalue weighted by Gasteiger charge is -2.31. The SMILES string of the molecule is C#C/C=C1C=C/C(=C/C=C\CC)CC/1=C/CN(/C1=C/C=C2\CC(CC1)C(/C=C\CC)=C(C=C)CO2)c1ccccc1C1=CCC=CC=C1. The van der Waals surface area contributed by atoms with Crippen LogP contribution in [0.15, 0.2) is 173 Å². The Morgan fingerprint density at radius 3 is 2.77 bits per heavy atom. The molecule has 48 heavy (non-hydrogen) atoms. The lowest BCUT2D eigenvalue weighted by atomic mass is 9.85. The van der Waals surface area contributed by atoms with Gasteiger partial charge >= 0.3 is 0 Å². The van der Waals surface area contributed by atoms with Crippen LogP contribution in [-0.4, -0.2) is 13.2 Å². The minimum Gasteiger partial charge on any atom is -0.493 e. The number of hydrogen-bond acceptors (Lipinski definition) is 2. The van der Waals surface area contributed by atoms with Crippen molar-refractivity contribution >= 4 is 11.3 Å². The van der Waals surface area contributed by atoms with Crippen LogP contribution in [0.4, 0.5) is 5.69 Å². The van der Waals surface area contributed by atoms with E-state index in [4.69, 9.17) is 11.2 Å². The molecule has 0 radical (unpaired) electrons. The molecule has 2 bridgehead atoms. The number of para-hydroxylation sites is 1. The molecule has 4 aliphatic rings. The molecule has 0 saturated heterocycles. The number of benzene rings is 1. The highest BCUT2D eigenvalue weighted by Gasteiger charge is 2.26. The molecule has 5 rings (SSSR count). The summed E-state index contributed by atoms with van der Waals surface area (Å²) in [5.74, 6) is 4.18. The van der Waals surface area contributed by atoms with Gasteiger partial charge < -0.3 is 9.64 Å². The van der Waals surface area contributed by atoms with Gasteiger partial charge in [0.2, 0.25) is 0 Å². The Morgan fingerprint density at radius 1 is 1.06 bits per heavy atom. The predicted octanol–water partition coefficient (Wildman–Crippen LogP) is 11.8.